The Morgan fingerprint density at radius 3 is 2.68 bits per heavy atom. The molecule has 8 heteroatoms. The van der Waals surface area contributed by atoms with Crippen molar-refractivity contribution in [1.29, 1.82) is 0 Å². The van der Waals surface area contributed by atoms with Crippen molar-refractivity contribution in [2.24, 2.45) is 0 Å². The molecule has 1 heterocycles. The molecule has 1 atom stereocenters. The molecule has 0 aliphatic carbocycles. The molecule has 2 rings (SSSR count). The summed E-state index contributed by atoms with van der Waals surface area (Å²) < 4.78 is 30.7. The highest BCUT2D eigenvalue weighted by atomic mass is 35.5. The zero-order valence-corrected chi connectivity index (χ0v) is 16.4. The van der Waals surface area contributed by atoms with Gasteiger partial charge < -0.3 is 9.64 Å². The molecule has 0 aromatic heterocycles. The average molecular weight is 389 g/mol. The number of hydrogen-bond donors (Lipinski definition) is 0. The van der Waals surface area contributed by atoms with E-state index in [1.54, 1.807) is 12.1 Å². The molecule has 1 amide bonds. The summed E-state index contributed by atoms with van der Waals surface area (Å²) in [5.74, 6) is 0.274. The molecular formula is C17H25ClN2O4S. The first-order valence-electron chi connectivity index (χ1n) is 8.38. The Morgan fingerprint density at radius 1 is 1.40 bits per heavy atom. The predicted molar refractivity (Wildman–Crippen MR) is 99.8 cm³/mol. The summed E-state index contributed by atoms with van der Waals surface area (Å²) in [5, 5.41) is 0.297. The number of rotatable bonds is 6. The normalized spacial score (nSPS) is 18.1. The number of halogens is 1. The van der Waals surface area contributed by atoms with Gasteiger partial charge in [0.05, 0.1) is 24.1 Å². The fourth-order valence-electron chi connectivity index (χ4n) is 3.18. The minimum absolute atomic E-state index is 0.177. The Labute approximate surface area is 154 Å². The lowest BCUT2D eigenvalue weighted by molar-refractivity contribution is -0.133. The van der Waals surface area contributed by atoms with E-state index < -0.39 is 10.0 Å². The number of sulfonamides is 1. The maximum Gasteiger partial charge on any atom is 0.243 e. The monoisotopic (exact) mass is 388 g/mol. The maximum absolute atomic E-state index is 12.8. The highest BCUT2D eigenvalue weighted by molar-refractivity contribution is 7.92. The van der Waals surface area contributed by atoms with Gasteiger partial charge in [-0.1, -0.05) is 18.5 Å². The van der Waals surface area contributed by atoms with Crippen molar-refractivity contribution < 1.29 is 17.9 Å². The number of ether oxygens (including phenoxy) is 1. The number of anilines is 1. The summed E-state index contributed by atoms with van der Waals surface area (Å²) in [5.41, 5.74) is 0.353. The molecule has 25 heavy (non-hydrogen) atoms. The summed E-state index contributed by atoms with van der Waals surface area (Å²) in [6, 6.07) is 4.87. The second-order valence-corrected chi connectivity index (χ2v) is 8.55. The van der Waals surface area contributed by atoms with Crippen LogP contribution in [0.5, 0.6) is 5.75 Å². The molecule has 0 saturated carbocycles. The van der Waals surface area contributed by atoms with Crippen LogP contribution in [0.1, 0.15) is 32.6 Å². The van der Waals surface area contributed by atoms with Crippen LogP contribution in [-0.2, 0) is 14.8 Å². The van der Waals surface area contributed by atoms with Gasteiger partial charge in [-0.3, -0.25) is 9.10 Å². The van der Waals surface area contributed by atoms with Crippen molar-refractivity contribution in [3.63, 3.8) is 0 Å². The van der Waals surface area contributed by atoms with Gasteiger partial charge in [-0.25, -0.2) is 8.42 Å². The van der Waals surface area contributed by atoms with Crippen molar-refractivity contribution in [2.45, 2.75) is 38.6 Å². The smallest absolute Gasteiger partial charge is 0.243 e. The molecule has 0 N–H and O–H groups in total. The number of hydrogen-bond acceptors (Lipinski definition) is 4. The molecule has 1 fully saturated rings. The van der Waals surface area contributed by atoms with E-state index in [2.05, 4.69) is 0 Å². The fourth-order valence-corrected chi connectivity index (χ4v) is 4.27. The molecule has 1 saturated heterocycles. The minimum Gasteiger partial charge on any atom is -0.495 e. The quantitative estimate of drug-likeness (QED) is 0.751. The number of carbonyl (C=O) groups excluding carboxylic acids is 1. The van der Waals surface area contributed by atoms with E-state index in [4.69, 9.17) is 16.3 Å². The second-order valence-electron chi connectivity index (χ2n) is 6.23. The Bertz CT molecular complexity index is 723. The van der Waals surface area contributed by atoms with E-state index in [9.17, 15) is 13.2 Å². The number of likely N-dealkylation sites (tertiary alicyclic amines) is 1. The van der Waals surface area contributed by atoms with Gasteiger partial charge in [0.1, 0.15) is 12.3 Å². The Balaban J connectivity index is 2.27. The van der Waals surface area contributed by atoms with Crippen LogP contribution in [0.25, 0.3) is 0 Å². The van der Waals surface area contributed by atoms with E-state index >= 15 is 0 Å². The average Bonchev–Trinajstić information content (AvgIpc) is 2.58. The molecule has 0 radical (unpaired) electrons. The summed E-state index contributed by atoms with van der Waals surface area (Å²) >= 11 is 6.11. The molecule has 1 aromatic carbocycles. The SMILES string of the molecule is CCC1CCCCN1C(=O)CN(c1ccc(OC)c(Cl)c1)S(C)(=O)=O. The number of nitrogens with zero attached hydrogens (tertiary/aromatic N) is 2. The van der Waals surface area contributed by atoms with Crippen LogP contribution in [0.15, 0.2) is 18.2 Å². The maximum atomic E-state index is 12.8. The van der Waals surface area contributed by atoms with Gasteiger partial charge in [0, 0.05) is 12.6 Å². The third kappa shape index (κ3) is 4.79. The number of methoxy groups -OCH3 is 1. The van der Waals surface area contributed by atoms with Gasteiger partial charge in [0.25, 0.3) is 0 Å². The lowest BCUT2D eigenvalue weighted by Crippen LogP contribution is -2.48. The summed E-state index contributed by atoms with van der Waals surface area (Å²) in [4.78, 5) is 14.6. The van der Waals surface area contributed by atoms with Crippen LogP contribution in [0.2, 0.25) is 5.02 Å². The van der Waals surface area contributed by atoms with E-state index in [1.165, 1.54) is 13.2 Å². The molecule has 6 nitrogen and oxygen atoms in total. The number of benzene rings is 1. The van der Waals surface area contributed by atoms with E-state index in [-0.39, 0.29) is 18.5 Å². The van der Waals surface area contributed by atoms with Crippen LogP contribution in [0, 0.1) is 0 Å². The molecular weight excluding hydrogens is 364 g/mol. The minimum atomic E-state index is -3.63. The lowest BCUT2D eigenvalue weighted by atomic mass is 10.00. The van der Waals surface area contributed by atoms with Gasteiger partial charge in [-0.05, 0) is 43.9 Å². The van der Waals surface area contributed by atoms with Crippen LogP contribution < -0.4 is 9.04 Å². The van der Waals surface area contributed by atoms with Crippen LogP contribution in [0.3, 0.4) is 0 Å². The van der Waals surface area contributed by atoms with Crippen LogP contribution >= 0.6 is 11.6 Å². The molecule has 1 aliphatic heterocycles. The Morgan fingerprint density at radius 2 is 2.12 bits per heavy atom. The summed E-state index contributed by atoms with van der Waals surface area (Å²) in [6.07, 6.45) is 4.99. The van der Waals surface area contributed by atoms with Crippen LogP contribution in [0.4, 0.5) is 5.69 Å². The largest absolute Gasteiger partial charge is 0.495 e. The van der Waals surface area contributed by atoms with Gasteiger partial charge in [-0.2, -0.15) is 0 Å². The lowest BCUT2D eigenvalue weighted by Gasteiger charge is -2.36. The van der Waals surface area contributed by atoms with Gasteiger partial charge >= 0.3 is 0 Å². The fraction of sp³-hybridized carbons (Fsp3) is 0.588. The third-order valence-electron chi connectivity index (χ3n) is 4.52. The third-order valence-corrected chi connectivity index (χ3v) is 5.96. The van der Waals surface area contributed by atoms with Crippen LogP contribution in [-0.4, -0.2) is 51.7 Å². The zero-order valence-electron chi connectivity index (χ0n) is 14.9. The molecule has 0 spiro atoms. The first-order chi connectivity index (χ1) is 11.8. The highest BCUT2D eigenvalue weighted by Gasteiger charge is 2.29. The topological polar surface area (TPSA) is 66.9 Å². The first kappa shape index (κ1) is 19.8. The number of amides is 1. The Hall–Kier alpha value is -1.47. The van der Waals surface area contributed by atoms with Crippen molar-refractivity contribution in [2.75, 3.05) is 30.8 Å². The molecule has 1 aromatic rings. The highest BCUT2D eigenvalue weighted by Crippen LogP contribution is 2.30. The van der Waals surface area contributed by atoms with E-state index in [0.717, 1.165) is 36.2 Å². The molecule has 0 bridgehead atoms. The van der Waals surface area contributed by atoms with Crippen molar-refractivity contribution in [1.82, 2.24) is 4.90 Å². The van der Waals surface area contributed by atoms with Gasteiger partial charge in [0.2, 0.25) is 15.9 Å². The second kappa shape index (κ2) is 8.27. The van der Waals surface area contributed by atoms with Crippen molar-refractivity contribution >= 4 is 33.2 Å². The molecule has 140 valence electrons. The van der Waals surface area contributed by atoms with Gasteiger partial charge in [-0.15, -0.1) is 0 Å². The summed E-state index contributed by atoms with van der Waals surface area (Å²) in [7, 11) is -2.14. The summed E-state index contributed by atoms with van der Waals surface area (Å²) in [6.45, 7) is 2.50. The van der Waals surface area contributed by atoms with Gasteiger partial charge in [0.15, 0.2) is 0 Å². The number of piperidine rings is 1. The Kier molecular flexibility index (Phi) is 6.57. The molecule has 1 unspecified atom stereocenters. The van der Waals surface area contributed by atoms with E-state index in [0.29, 0.717) is 23.0 Å². The standard InChI is InChI=1S/C17H25ClN2O4S/c1-4-13-7-5-6-10-19(13)17(21)12-20(25(3,22)23)14-8-9-16(24-2)15(18)11-14/h8-9,11,13H,4-7,10,12H2,1-3H3. The van der Waals surface area contributed by atoms with E-state index in [1.807, 2.05) is 11.8 Å². The van der Waals surface area contributed by atoms with Crippen molar-refractivity contribution in [3.05, 3.63) is 23.2 Å². The first-order valence-corrected chi connectivity index (χ1v) is 10.6. The molecule has 1 aliphatic rings. The van der Waals surface area contributed by atoms with Crippen molar-refractivity contribution in [3.8, 4) is 5.75 Å². The number of carbonyl (C=O) groups is 1. The predicted octanol–water partition coefficient (Wildman–Crippen LogP) is 2.91. The zero-order chi connectivity index (χ0) is 18.6.